The molecule has 0 aliphatic carbocycles. The largest absolute Gasteiger partial charge is 0.517 e. The van der Waals surface area contributed by atoms with E-state index in [2.05, 4.69) is 13.2 Å². The first kappa shape index (κ1) is 14.6. The molecule has 0 heterocycles. The summed E-state index contributed by atoms with van der Waals surface area (Å²) in [5.74, 6) is -2.65. The van der Waals surface area contributed by atoms with Crippen molar-refractivity contribution in [3.05, 3.63) is 24.8 Å². The van der Waals surface area contributed by atoms with E-state index in [0.29, 0.717) is 0 Å². The van der Waals surface area contributed by atoms with Crippen LogP contribution in [-0.4, -0.2) is 25.4 Å². The molecule has 5 heteroatoms. The fraction of sp³-hybridized carbons (Fsp3) is 0.455. The van der Waals surface area contributed by atoms with E-state index in [1.165, 1.54) is 6.08 Å². The van der Waals surface area contributed by atoms with Gasteiger partial charge in [0.15, 0.2) is 0 Å². The monoisotopic (exact) mass is 242 g/mol. The predicted molar refractivity (Wildman–Crippen MR) is 64.5 cm³/mol. The lowest BCUT2D eigenvalue weighted by molar-refractivity contribution is -0.143. The van der Waals surface area contributed by atoms with Crippen molar-refractivity contribution in [2.75, 3.05) is 0 Å². The molecule has 0 aromatic carbocycles. The fourth-order valence-corrected chi connectivity index (χ4v) is 1.73. The van der Waals surface area contributed by atoms with Crippen LogP contribution in [0.3, 0.4) is 0 Å². The van der Waals surface area contributed by atoms with Crippen LogP contribution in [0.15, 0.2) is 24.8 Å². The van der Waals surface area contributed by atoms with Crippen LogP contribution in [0.1, 0.15) is 6.42 Å². The molecule has 0 aromatic heterocycles. The highest BCUT2D eigenvalue weighted by atomic mass is 28.4. The molecule has 1 atom stereocenters. The molecule has 0 aromatic rings. The normalized spacial score (nSPS) is 12.7. The second-order valence-corrected chi connectivity index (χ2v) is 8.87. The van der Waals surface area contributed by atoms with E-state index < -0.39 is 26.2 Å². The van der Waals surface area contributed by atoms with E-state index in [9.17, 15) is 9.59 Å². The number of hydrogen-bond donors (Lipinski definition) is 1. The SMILES string of the molecule is C=CCC(C(=C)C(=O)O[Si](C)(C)C)C(=O)O. The van der Waals surface area contributed by atoms with Crippen LogP contribution in [0.4, 0.5) is 0 Å². The summed E-state index contributed by atoms with van der Waals surface area (Å²) in [4.78, 5) is 22.5. The molecule has 0 radical (unpaired) electrons. The molecule has 0 saturated heterocycles. The Bertz CT molecular complexity index is 314. The smallest absolute Gasteiger partial charge is 0.320 e. The minimum absolute atomic E-state index is 0.0187. The third-order valence-electron chi connectivity index (χ3n) is 1.78. The zero-order valence-electron chi connectivity index (χ0n) is 9.95. The highest BCUT2D eigenvalue weighted by Gasteiger charge is 2.29. The van der Waals surface area contributed by atoms with Crippen LogP contribution >= 0.6 is 0 Å². The van der Waals surface area contributed by atoms with Crippen LogP contribution in [0.5, 0.6) is 0 Å². The van der Waals surface area contributed by atoms with Crippen molar-refractivity contribution in [1.82, 2.24) is 0 Å². The minimum atomic E-state index is -2.02. The summed E-state index contributed by atoms with van der Waals surface area (Å²) in [6.45, 7) is 12.5. The summed E-state index contributed by atoms with van der Waals surface area (Å²) in [5, 5.41) is 8.92. The molecule has 0 amide bonds. The number of carbonyl (C=O) groups is 2. The van der Waals surface area contributed by atoms with Gasteiger partial charge in [-0.15, -0.1) is 6.58 Å². The van der Waals surface area contributed by atoms with E-state index in [0.717, 1.165) is 0 Å². The van der Waals surface area contributed by atoms with Gasteiger partial charge in [0.1, 0.15) is 0 Å². The third-order valence-corrected chi connectivity index (χ3v) is 2.58. The maximum Gasteiger partial charge on any atom is 0.320 e. The van der Waals surface area contributed by atoms with E-state index in [1.807, 2.05) is 19.6 Å². The van der Waals surface area contributed by atoms with Gasteiger partial charge in [-0.25, -0.2) is 4.79 Å². The van der Waals surface area contributed by atoms with Gasteiger partial charge in [0.25, 0.3) is 0 Å². The summed E-state index contributed by atoms with van der Waals surface area (Å²) < 4.78 is 5.18. The summed E-state index contributed by atoms with van der Waals surface area (Å²) in [7, 11) is -2.02. The Labute approximate surface area is 96.7 Å². The van der Waals surface area contributed by atoms with Crippen molar-refractivity contribution in [2.24, 2.45) is 5.92 Å². The predicted octanol–water partition coefficient (Wildman–Crippen LogP) is 2.20. The summed E-state index contributed by atoms with van der Waals surface area (Å²) >= 11 is 0. The van der Waals surface area contributed by atoms with Crippen molar-refractivity contribution in [1.29, 1.82) is 0 Å². The van der Waals surface area contributed by atoms with Gasteiger partial charge >= 0.3 is 11.9 Å². The molecule has 0 spiro atoms. The molecule has 0 bridgehead atoms. The molecule has 0 rings (SSSR count). The summed E-state index contributed by atoms with van der Waals surface area (Å²) in [5.41, 5.74) is -0.0187. The van der Waals surface area contributed by atoms with Gasteiger partial charge < -0.3 is 9.53 Å². The van der Waals surface area contributed by atoms with Crippen LogP contribution in [-0.2, 0) is 14.0 Å². The highest BCUT2D eigenvalue weighted by molar-refractivity contribution is 6.71. The minimum Gasteiger partial charge on any atom is -0.517 e. The second-order valence-electron chi connectivity index (χ2n) is 4.44. The molecule has 4 nitrogen and oxygen atoms in total. The first-order chi connectivity index (χ1) is 7.19. The number of aliphatic carboxylic acids is 1. The molecule has 0 aliphatic heterocycles. The number of hydrogen-bond acceptors (Lipinski definition) is 3. The lowest BCUT2D eigenvalue weighted by atomic mass is 9.97. The number of carboxylic acid groups (broad SMARTS) is 1. The summed E-state index contributed by atoms with van der Waals surface area (Å²) in [6, 6.07) is 0. The fourth-order valence-electron chi connectivity index (χ4n) is 1.04. The Morgan fingerprint density at radius 3 is 2.25 bits per heavy atom. The Balaban J connectivity index is 4.69. The highest BCUT2D eigenvalue weighted by Crippen LogP contribution is 2.18. The van der Waals surface area contributed by atoms with E-state index in [4.69, 9.17) is 9.53 Å². The number of allylic oxidation sites excluding steroid dienone is 1. The van der Waals surface area contributed by atoms with E-state index >= 15 is 0 Å². The van der Waals surface area contributed by atoms with Crippen molar-refractivity contribution >= 4 is 20.3 Å². The molecule has 1 unspecified atom stereocenters. The van der Waals surface area contributed by atoms with E-state index in [-0.39, 0.29) is 12.0 Å². The van der Waals surface area contributed by atoms with Gasteiger partial charge in [0, 0.05) is 5.57 Å². The van der Waals surface area contributed by atoms with Crippen molar-refractivity contribution in [2.45, 2.75) is 26.1 Å². The molecular formula is C11H18O4Si. The number of rotatable bonds is 6. The molecule has 16 heavy (non-hydrogen) atoms. The van der Waals surface area contributed by atoms with Gasteiger partial charge in [-0.2, -0.15) is 0 Å². The van der Waals surface area contributed by atoms with Crippen molar-refractivity contribution < 1.29 is 19.1 Å². The molecule has 1 N–H and O–H groups in total. The molecule has 0 aliphatic rings. The molecule has 0 fully saturated rings. The summed E-state index contributed by atoms with van der Waals surface area (Å²) in [6.07, 6.45) is 1.63. The maximum atomic E-state index is 11.6. The van der Waals surface area contributed by atoms with Gasteiger partial charge in [-0.1, -0.05) is 12.7 Å². The molecule has 90 valence electrons. The number of carbonyl (C=O) groups excluding carboxylic acids is 1. The first-order valence-corrected chi connectivity index (χ1v) is 8.35. The second kappa shape index (κ2) is 5.65. The average molecular weight is 242 g/mol. The van der Waals surface area contributed by atoms with Gasteiger partial charge in [0.2, 0.25) is 8.32 Å². The quantitative estimate of drug-likeness (QED) is 0.440. The van der Waals surface area contributed by atoms with Crippen LogP contribution in [0.2, 0.25) is 19.6 Å². The Kier molecular flexibility index (Phi) is 5.17. The van der Waals surface area contributed by atoms with Gasteiger partial charge in [0.05, 0.1) is 5.92 Å². The Morgan fingerprint density at radius 2 is 1.94 bits per heavy atom. The van der Waals surface area contributed by atoms with Crippen LogP contribution in [0.25, 0.3) is 0 Å². The topological polar surface area (TPSA) is 63.6 Å². The van der Waals surface area contributed by atoms with Crippen LogP contribution in [0, 0.1) is 5.92 Å². The third kappa shape index (κ3) is 4.93. The van der Waals surface area contributed by atoms with Gasteiger partial charge in [-0.05, 0) is 26.1 Å². The van der Waals surface area contributed by atoms with Crippen LogP contribution < -0.4 is 0 Å². The standard InChI is InChI=1S/C11H18O4Si/c1-6-7-9(10(12)13)8(2)11(14)15-16(3,4)5/h6,9H,1-2,7H2,3-5H3,(H,12,13). The molecule has 0 saturated carbocycles. The molecular weight excluding hydrogens is 224 g/mol. The van der Waals surface area contributed by atoms with E-state index in [1.54, 1.807) is 0 Å². The maximum absolute atomic E-state index is 11.6. The van der Waals surface area contributed by atoms with Gasteiger partial charge in [-0.3, -0.25) is 4.79 Å². The van der Waals surface area contributed by atoms with Crippen molar-refractivity contribution in [3.8, 4) is 0 Å². The Hall–Kier alpha value is -1.36. The van der Waals surface area contributed by atoms with Crippen molar-refractivity contribution in [3.63, 3.8) is 0 Å². The lowest BCUT2D eigenvalue weighted by Gasteiger charge is -2.20. The zero-order chi connectivity index (χ0) is 12.9. The first-order valence-electron chi connectivity index (χ1n) is 4.95. The zero-order valence-corrected chi connectivity index (χ0v) is 10.9. The average Bonchev–Trinajstić information content (AvgIpc) is 2.09. The number of carboxylic acids is 1. The Morgan fingerprint density at radius 1 is 1.44 bits per heavy atom. The lowest BCUT2D eigenvalue weighted by Crippen LogP contribution is -2.32.